The summed E-state index contributed by atoms with van der Waals surface area (Å²) in [5.74, 6) is 0. The lowest BCUT2D eigenvalue weighted by Gasteiger charge is -1.76. The van der Waals surface area contributed by atoms with Crippen molar-refractivity contribution in [3.63, 3.8) is 0 Å². The molecule has 0 aromatic heterocycles. The Bertz CT molecular complexity index is 42.9. The third-order valence-corrected chi connectivity index (χ3v) is 0.687. The molecule has 1 nitrogen and oxygen atoms in total. The Kier molecular flexibility index (Phi) is 44.8. The third-order valence-electron chi connectivity index (χ3n) is 0.687. The molecule has 0 amide bonds. The maximum atomic E-state index is 2.93. The third kappa shape index (κ3) is 91.0. The van der Waals surface area contributed by atoms with Crippen molar-refractivity contribution >= 4 is 0 Å². The second-order valence-corrected chi connectivity index (χ2v) is 1.37. The normalized spacial score (nSPS) is 7.56. The molecule has 9 heavy (non-hydrogen) atoms. The van der Waals surface area contributed by atoms with Crippen LogP contribution < -0.4 is 5.32 Å². The summed E-state index contributed by atoms with van der Waals surface area (Å²) in [6.07, 6.45) is 4.00. The van der Waals surface area contributed by atoms with Crippen LogP contribution in [-0.4, -0.2) is 13.6 Å². The van der Waals surface area contributed by atoms with E-state index in [-0.39, 0.29) is 6.13 Å². The highest BCUT2D eigenvalue weighted by Gasteiger charge is 1.50. The Morgan fingerprint density at radius 3 is 1.56 bits per heavy atom. The largest absolute Gasteiger partial charge is 0.320 e. The molecule has 0 unspecified atom stereocenters. The van der Waals surface area contributed by atoms with E-state index >= 15 is 0 Å². The number of rotatable bonds is 1. The van der Waals surface area contributed by atoms with Gasteiger partial charge < -0.3 is 5.32 Å². The van der Waals surface area contributed by atoms with E-state index in [1.165, 1.54) is 0 Å². The SMILES string of the molecule is C/C=C\C.CCNC.F.[2HH]. The van der Waals surface area contributed by atoms with Gasteiger partial charge in [-0.05, 0) is 27.4 Å². The van der Waals surface area contributed by atoms with E-state index in [1.54, 1.807) is 0 Å². The maximum absolute atomic E-state index is 2.93. The Hall–Kier alpha value is -0.370. The second kappa shape index (κ2) is 25.5. The average molecular weight is 138 g/mol. The second-order valence-electron chi connectivity index (χ2n) is 1.37. The van der Waals surface area contributed by atoms with Gasteiger partial charge in [0.1, 0.15) is 0 Å². The molecule has 60 valence electrons. The van der Waals surface area contributed by atoms with Gasteiger partial charge in [-0.3, -0.25) is 4.70 Å². The molecule has 0 heterocycles. The van der Waals surface area contributed by atoms with E-state index in [0.29, 0.717) is 0 Å². The van der Waals surface area contributed by atoms with Crippen LogP contribution in [0.2, 0.25) is 0 Å². The molecule has 0 saturated heterocycles. The smallest absolute Gasteiger partial charge is 0 e. The van der Waals surface area contributed by atoms with Crippen LogP contribution in [0.25, 0.3) is 0 Å². The summed E-state index contributed by atoms with van der Waals surface area (Å²) >= 11 is 0. The molecule has 0 atom stereocenters. The molecule has 0 aliphatic heterocycles. The molecular formula is C7H20FN. The average Bonchev–Trinajstić information content (AvgIpc) is 1.88. The summed E-state index contributed by atoms with van der Waals surface area (Å²) in [5, 5.41) is 2.93. The van der Waals surface area contributed by atoms with Crippen molar-refractivity contribution in [2.45, 2.75) is 20.8 Å². The standard InChI is InChI=1S/C4H8.C3H9N.FH.H2/c2*1-3-4-2;;/h3-4H,1-2H3;4H,3H2,1-2H3;2*1H/b4-3-;;;/i;;;1+1. The fourth-order valence-electron chi connectivity index (χ4n) is 0. The highest BCUT2D eigenvalue weighted by Crippen LogP contribution is 1.57. The molecule has 0 saturated carbocycles. The van der Waals surface area contributed by atoms with E-state index in [1.807, 2.05) is 33.0 Å². The van der Waals surface area contributed by atoms with Gasteiger partial charge in [0.2, 0.25) is 0 Å². The Labute approximate surface area is 59.0 Å². The minimum Gasteiger partial charge on any atom is -0.320 e. The zero-order valence-corrected chi connectivity index (χ0v) is 6.77. The van der Waals surface area contributed by atoms with E-state index in [0.717, 1.165) is 6.54 Å². The molecule has 2 heteroatoms. The first-order valence-corrected chi connectivity index (χ1v) is 3.05. The van der Waals surface area contributed by atoms with Crippen LogP contribution in [0.1, 0.15) is 22.2 Å². The van der Waals surface area contributed by atoms with Gasteiger partial charge in [0, 0.05) is 1.43 Å². The van der Waals surface area contributed by atoms with Crippen LogP contribution in [0, 0.1) is 0 Å². The molecular weight excluding hydrogens is 117 g/mol. The highest BCUT2D eigenvalue weighted by atomic mass is 19.0. The van der Waals surface area contributed by atoms with Gasteiger partial charge in [0.25, 0.3) is 0 Å². The fourth-order valence-corrected chi connectivity index (χ4v) is 0. The van der Waals surface area contributed by atoms with Gasteiger partial charge in [0.15, 0.2) is 0 Å². The van der Waals surface area contributed by atoms with E-state index < -0.39 is 0 Å². The van der Waals surface area contributed by atoms with Crippen molar-refractivity contribution in [2.75, 3.05) is 13.6 Å². The van der Waals surface area contributed by atoms with Gasteiger partial charge >= 0.3 is 0 Å². The zero-order valence-electron chi connectivity index (χ0n) is 6.77. The summed E-state index contributed by atoms with van der Waals surface area (Å²) in [5.41, 5.74) is 0. The summed E-state index contributed by atoms with van der Waals surface area (Å²) in [6.45, 7) is 7.14. The topological polar surface area (TPSA) is 12.0 Å². The lowest BCUT2D eigenvalue weighted by Crippen LogP contribution is -2.01. The quantitative estimate of drug-likeness (QED) is 0.548. The maximum Gasteiger partial charge on any atom is 0 e. The summed E-state index contributed by atoms with van der Waals surface area (Å²) in [6, 6.07) is 0. The van der Waals surface area contributed by atoms with Gasteiger partial charge in [-0.2, -0.15) is 0 Å². The number of hydrogen-bond donors (Lipinski definition) is 1. The first kappa shape index (κ1) is 15.9. The molecule has 1 N–H and O–H groups in total. The van der Waals surface area contributed by atoms with Crippen molar-refractivity contribution in [3.05, 3.63) is 12.2 Å². The van der Waals surface area contributed by atoms with E-state index in [2.05, 4.69) is 12.2 Å². The minimum atomic E-state index is 0. The Morgan fingerprint density at radius 2 is 1.56 bits per heavy atom. The summed E-state index contributed by atoms with van der Waals surface area (Å²) in [7, 11) is 1.93. The lowest BCUT2D eigenvalue weighted by molar-refractivity contribution is 0.864. The van der Waals surface area contributed by atoms with Crippen LogP contribution in [0.15, 0.2) is 12.2 Å². The highest BCUT2D eigenvalue weighted by molar-refractivity contribution is 4.68. The van der Waals surface area contributed by atoms with Gasteiger partial charge in [0.05, 0.1) is 0 Å². The Balaban J connectivity index is -0.0000000300. The molecule has 0 aromatic carbocycles. The first-order valence-electron chi connectivity index (χ1n) is 3.05. The molecule has 0 aliphatic rings. The number of hydrogen-bond acceptors (Lipinski definition) is 1. The summed E-state index contributed by atoms with van der Waals surface area (Å²) < 4.78 is 0. The van der Waals surface area contributed by atoms with Crippen LogP contribution in [0.3, 0.4) is 0 Å². The van der Waals surface area contributed by atoms with Crippen molar-refractivity contribution in [1.82, 2.24) is 5.32 Å². The minimum absolute atomic E-state index is 0. The fraction of sp³-hybridized carbons (Fsp3) is 0.714. The van der Waals surface area contributed by atoms with Crippen molar-refractivity contribution in [3.8, 4) is 0 Å². The zero-order chi connectivity index (χ0) is 6.83. The van der Waals surface area contributed by atoms with E-state index in [4.69, 9.17) is 0 Å². The van der Waals surface area contributed by atoms with Crippen molar-refractivity contribution < 1.29 is 6.13 Å². The lowest BCUT2D eigenvalue weighted by atomic mass is 10.6. The van der Waals surface area contributed by atoms with Gasteiger partial charge in [-0.25, -0.2) is 0 Å². The van der Waals surface area contributed by atoms with Gasteiger partial charge in [-0.15, -0.1) is 0 Å². The molecule has 0 radical (unpaired) electrons. The monoisotopic (exact) mass is 138 g/mol. The van der Waals surface area contributed by atoms with Crippen LogP contribution in [-0.2, 0) is 0 Å². The predicted octanol–water partition coefficient (Wildman–Crippen LogP) is 2.21. The number of halogens is 1. The Morgan fingerprint density at radius 1 is 1.33 bits per heavy atom. The number of allylic oxidation sites excluding steroid dienone is 2. The molecule has 0 aliphatic carbocycles. The molecule has 0 bridgehead atoms. The molecule has 0 fully saturated rings. The van der Waals surface area contributed by atoms with Crippen LogP contribution in [0.4, 0.5) is 4.70 Å². The van der Waals surface area contributed by atoms with Crippen LogP contribution in [0.5, 0.6) is 0 Å². The van der Waals surface area contributed by atoms with Crippen molar-refractivity contribution in [1.29, 1.82) is 0 Å². The molecule has 0 spiro atoms. The molecule has 0 aromatic rings. The van der Waals surface area contributed by atoms with Gasteiger partial charge in [-0.1, -0.05) is 19.1 Å². The van der Waals surface area contributed by atoms with Crippen molar-refractivity contribution in [2.24, 2.45) is 0 Å². The molecule has 0 rings (SSSR count). The van der Waals surface area contributed by atoms with E-state index in [9.17, 15) is 0 Å². The van der Waals surface area contributed by atoms with Crippen LogP contribution >= 0.6 is 0 Å². The number of nitrogens with one attached hydrogen (secondary N) is 1. The summed E-state index contributed by atoms with van der Waals surface area (Å²) in [4.78, 5) is 0. The first-order chi connectivity index (χ1) is 3.83. The predicted molar refractivity (Wildman–Crippen MR) is 44.7 cm³/mol.